The molecule has 0 spiro atoms. The number of benzene rings is 2. The topological polar surface area (TPSA) is 85.0 Å². The van der Waals surface area contributed by atoms with Gasteiger partial charge in [-0.15, -0.1) is 5.11 Å². The fourth-order valence-electron chi connectivity index (χ4n) is 1.38. The number of hydrogen-bond acceptors (Lipinski definition) is 3. The fraction of sp³-hybridized carbons (Fsp3) is 0. The molecule has 0 saturated heterocycles. The maximum Gasteiger partial charge on any atom is 2.00 e. The minimum absolute atomic E-state index is 0. The summed E-state index contributed by atoms with van der Waals surface area (Å²) in [4.78, 5) is 0. The zero-order chi connectivity index (χ0) is 15.9. The fourth-order valence-corrected chi connectivity index (χ4v) is 1.38. The van der Waals surface area contributed by atoms with E-state index in [4.69, 9.17) is 10.2 Å². The Morgan fingerprint density at radius 1 is 0.870 bits per heavy atom. The molecule has 2 N–H and O–H groups in total. The smallest absolute Gasteiger partial charge is 0.999 e. The summed E-state index contributed by atoms with van der Waals surface area (Å²) in [6, 6.07) is 31.6. The van der Waals surface area contributed by atoms with Crippen molar-refractivity contribution in [3.8, 4) is 0 Å². The first-order chi connectivity index (χ1) is 10.9. The molecule has 0 fully saturated rings. The van der Waals surface area contributed by atoms with Crippen LogP contribution in [-0.4, -0.2) is 0 Å². The molecule has 114 valence electrons. The molecule has 3 aromatic rings. The van der Waals surface area contributed by atoms with Gasteiger partial charge in [0, 0.05) is 17.4 Å². The number of nitrogens with zero attached hydrogens (tertiary/aromatic N) is 3. The summed E-state index contributed by atoms with van der Waals surface area (Å²) in [5, 5.41) is 8.08. The van der Waals surface area contributed by atoms with Crippen LogP contribution in [0.15, 0.2) is 77.1 Å². The Hall–Kier alpha value is -2.29. The molecule has 0 bridgehead atoms. The predicted octanol–water partition coefficient (Wildman–Crippen LogP) is 3.08. The van der Waals surface area contributed by atoms with Crippen molar-refractivity contribution in [1.29, 1.82) is 5.46 Å². The molecule has 3 rings (SSSR count). The average molecular weight is 385 g/mol. The van der Waals surface area contributed by atoms with E-state index in [1.54, 1.807) is 11.5 Å². The zero-order valence-corrected chi connectivity index (χ0v) is 14.1. The molecule has 3 aromatic carbocycles. The monoisotopic (exact) mass is 387 g/mol. The third kappa shape index (κ3) is 10.1. The van der Waals surface area contributed by atoms with E-state index in [-0.39, 0.29) is 21.1 Å². The van der Waals surface area contributed by atoms with Gasteiger partial charge in [-0.1, -0.05) is 36.4 Å². The Morgan fingerprint density at radius 3 is 1.87 bits per heavy atom. The molecule has 0 aliphatic rings. The second kappa shape index (κ2) is 14.6. The summed E-state index contributed by atoms with van der Waals surface area (Å²) >= 11 is 0. The van der Waals surface area contributed by atoms with Gasteiger partial charge in [0.2, 0.25) is 0 Å². The van der Waals surface area contributed by atoms with Crippen LogP contribution in [-0.2, 0) is 25.8 Å². The molecule has 0 unspecified atom stereocenters. The number of hydrogen-bond donors (Lipinski definition) is 1. The molecule has 0 radical (unpaired) electrons. The van der Waals surface area contributed by atoms with E-state index < -0.39 is 0 Å². The SMILES string of the molecule is N#[O+].[Mo+2].[c-]1[c-][c-][cH-][c-]1.c1ccc(N=N[NH2+]c2ccccc2)cc1. The molecule has 5 nitrogen and oxygen atoms in total. The minimum Gasteiger partial charge on any atom is -0.999 e. The predicted molar refractivity (Wildman–Crippen MR) is 78.8 cm³/mol. The van der Waals surface area contributed by atoms with E-state index in [2.05, 4.69) is 34.6 Å². The second-order valence-electron chi connectivity index (χ2n) is 3.77. The minimum atomic E-state index is 0. The van der Waals surface area contributed by atoms with Crippen molar-refractivity contribution in [2.75, 3.05) is 0 Å². The van der Waals surface area contributed by atoms with Gasteiger partial charge in [0.15, 0.2) is 5.69 Å². The first-order valence-electron chi connectivity index (χ1n) is 6.30. The summed E-state index contributed by atoms with van der Waals surface area (Å²) < 4.78 is 7.25. The van der Waals surface area contributed by atoms with Gasteiger partial charge in [-0.25, -0.2) is 0 Å². The molecule has 0 atom stereocenters. The quantitative estimate of drug-likeness (QED) is 0.140. The molecule has 0 aliphatic heterocycles. The van der Waals surface area contributed by atoms with E-state index in [1.165, 1.54) is 0 Å². The van der Waals surface area contributed by atoms with Gasteiger partial charge < -0.3 is 30.3 Å². The van der Waals surface area contributed by atoms with Gasteiger partial charge >= 0.3 is 31.3 Å². The largest absolute Gasteiger partial charge is 2.00 e. The van der Waals surface area contributed by atoms with Crippen LogP contribution in [0.25, 0.3) is 0 Å². The van der Waals surface area contributed by atoms with Crippen molar-refractivity contribution >= 4 is 11.4 Å². The Morgan fingerprint density at radius 2 is 1.39 bits per heavy atom. The summed E-state index contributed by atoms with van der Waals surface area (Å²) in [5.41, 5.74) is 9.41. The van der Waals surface area contributed by atoms with Crippen LogP contribution in [0.1, 0.15) is 0 Å². The van der Waals surface area contributed by atoms with Gasteiger partial charge in [0.05, 0.1) is 5.69 Å². The summed E-state index contributed by atoms with van der Waals surface area (Å²) in [6.07, 6.45) is 0. The van der Waals surface area contributed by atoms with Gasteiger partial charge in [-0.2, -0.15) is 5.43 Å². The van der Waals surface area contributed by atoms with Crippen LogP contribution in [0.4, 0.5) is 11.4 Å². The molecule has 0 heterocycles. The number of rotatable bonds is 3. The van der Waals surface area contributed by atoms with Crippen LogP contribution < -0.4 is 5.43 Å². The summed E-state index contributed by atoms with van der Waals surface area (Å²) in [5.74, 6) is 0. The van der Waals surface area contributed by atoms with E-state index in [0.29, 0.717) is 0 Å². The van der Waals surface area contributed by atoms with Gasteiger partial charge in [0.1, 0.15) is 0 Å². The van der Waals surface area contributed by atoms with Crippen molar-refractivity contribution in [2.45, 2.75) is 0 Å². The van der Waals surface area contributed by atoms with Gasteiger partial charge in [0.25, 0.3) is 0 Å². The van der Waals surface area contributed by atoms with E-state index in [0.717, 1.165) is 11.4 Å². The maximum absolute atomic E-state index is 7.25. The molecular formula is C17H13MoN4O-. The third-order valence-corrected chi connectivity index (χ3v) is 2.29. The standard InChI is InChI=1S/C12H11N3.C5H.Mo.NO/c1-3-7-11(8-4-1)13-15-14-12-9-5-2-6-10-12;1-2-4-5-3-1;;1-2/h1-10H,(H,13,14);1H;;/q;-5;+2;+1/p+1. The molecule has 6 heteroatoms. The van der Waals surface area contributed by atoms with Gasteiger partial charge in [-0.05, 0) is 12.1 Å². The average Bonchev–Trinajstić information content (AvgIpc) is 3.19. The Labute approximate surface area is 149 Å². The first kappa shape index (κ1) is 20.7. The van der Waals surface area contributed by atoms with Crippen LogP contribution in [0.5, 0.6) is 0 Å². The summed E-state index contributed by atoms with van der Waals surface area (Å²) in [7, 11) is 0. The van der Waals surface area contributed by atoms with Crippen molar-refractivity contribution in [3.05, 3.63) is 91.0 Å². The van der Waals surface area contributed by atoms with Crippen molar-refractivity contribution in [2.24, 2.45) is 10.3 Å². The molecule has 0 saturated carbocycles. The van der Waals surface area contributed by atoms with Crippen molar-refractivity contribution < 1.29 is 31.3 Å². The first-order valence-corrected chi connectivity index (χ1v) is 6.30. The van der Waals surface area contributed by atoms with Crippen molar-refractivity contribution in [3.63, 3.8) is 0 Å². The number of nitrogens with two attached hydrogens (primary N) is 1. The summed E-state index contributed by atoms with van der Waals surface area (Å²) in [6.45, 7) is 0. The second-order valence-corrected chi connectivity index (χ2v) is 3.77. The number of quaternary nitrogens is 1. The Bertz CT molecular complexity index is 623. The zero-order valence-electron chi connectivity index (χ0n) is 12.1. The molecular weight excluding hydrogens is 372 g/mol. The van der Waals surface area contributed by atoms with Crippen LogP contribution in [0.3, 0.4) is 0 Å². The Kier molecular flexibility index (Phi) is 13.2. The van der Waals surface area contributed by atoms with Crippen LogP contribution in [0, 0.1) is 29.7 Å². The van der Waals surface area contributed by atoms with Crippen molar-refractivity contribution in [1.82, 2.24) is 0 Å². The van der Waals surface area contributed by atoms with Crippen LogP contribution >= 0.6 is 0 Å². The maximum atomic E-state index is 7.25. The van der Waals surface area contributed by atoms with E-state index in [9.17, 15) is 0 Å². The van der Waals surface area contributed by atoms with E-state index >= 15 is 0 Å². The van der Waals surface area contributed by atoms with E-state index in [1.807, 2.05) is 60.7 Å². The normalized spacial score (nSPS) is 8.78. The van der Waals surface area contributed by atoms with Gasteiger partial charge in [-0.3, -0.25) is 0 Å². The molecule has 0 aromatic heterocycles. The van der Waals surface area contributed by atoms with Crippen LogP contribution in [0.2, 0.25) is 0 Å². The molecule has 0 aliphatic carbocycles. The molecule has 0 amide bonds. The Balaban J connectivity index is 0.000000512. The third-order valence-electron chi connectivity index (χ3n) is 2.29. The molecule has 23 heavy (non-hydrogen) atoms.